The van der Waals surface area contributed by atoms with Crippen LogP contribution in [0.1, 0.15) is 27.8 Å². The molecule has 0 unspecified atom stereocenters. The largest absolute Gasteiger partial charge is 0.496 e. The fourth-order valence-electron chi connectivity index (χ4n) is 2.61. The molecule has 2 aliphatic rings. The number of fused-ring (bicyclic) bond motifs is 2. The summed E-state index contributed by atoms with van der Waals surface area (Å²) in [5, 5.41) is 0. The molecular weight excluding hydrogens is 248 g/mol. The Balaban J connectivity index is 1.76. The first kappa shape index (κ1) is 11.4. The first-order valence-electron chi connectivity index (χ1n) is 6.74. The van der Waals surface area contributed by atoms with Crippen LogP contribution in [0.4, 0.5) is 0 Å². The van der Waals surface area contributed by atoms with Gasteiger partial charge in [-0.05, 0) is 40.5 Å². The summed E-state index contributed by atoms with van der Waals surface area (Å²) in [6.07, 6.45) is 5.86. The summed E-state index contributed by atoms with van der Waals surface area (Å²) >= 11 is 0. The molecule has 98 valence electrons. The third kappa shape index (κ3) is 1.90. The third-order valence-electron chi connectivity index (χ3n) is 3.74. The zero-order chi connectivity index (χ0) is 13.4. The Morgan fingerprint density at radius 1 is 0.850 bits per heavy atom. The van der Waals surface area contributed by atoms with Gasteiger partial charge >= 0.3 is 0 Å². The van der Waals surface area contributed by atoms with E-state index in [1.54, 1.807) is 6.26 Å². The SMILES string of the molecule is C1=Cc2cc(C3=Cc4ccccc4CO3)ccc2CO1. The monoisotopic (exact) mass is 262 g/mol. The highest BCUT2D eigenvalue weighted by Crippen LogP contribution is 2.30. The highest BCUT2D eigenvalue weighted by Gasteiger charge is 2.14. The molecule has 0 saturated heterocycles. The van der Waals surface area contributed by atoms with Gasteiger partial charge in [-0.25, -0.2) is 0 Å². The Morgan fingerprint density at radius 2 is 1.75 bits per heavy atom. The highest BCUT2D eigenvalue weighted by atomic mass is 16.5. The van der Waals surface area contributed by atoms with Crippen molar-refractivity contribution in [1.82, 2.24) is 0 Å². The maximum atomic E-state index is 5.89. The average molecular weight is 262 g/mol. The van der Waals surface area contributed by atoms with Crippen molar-refractivity contribution in [3.05, 3.63) is 76.5 Å². The normalized spacial score (nSPS) is 15.5. The predicted molar refractivity (Wildman–Crippen MR) is 79.4 cm³/mol. The van der Waals surface area contributed by atoms with Crippen molar-refractivity contribution in [2.45, 2.75) is 13.2 Å². The number of rotatable bonds is 1. The van der Waals surface area contributed by atoms with Crippen LogP contribution < -0.4 is 0 Å². The fraction of sp³-hybridized carbons (Fsp3) is 0.111. The lowest BCUT2D eigenvalue weighted by atomic mass is 9.99. The Bertz CT molecular complexity index is 726. The standard InChI is InChI=1S/C18H14O2/c1-2-4-16-12-20-18(10-13(16)3-1)15-5-6-17-11-19-8-7-14(17)9-15/h1-10H,11-12H2. The van der Waals surface area contributed by atoms with Gasteiger partial charge in [-0.3, -0.25) is 0 Å². The van der Waals surface area contributed by atoms with E-state index in [9.17, 15) is 0 Å². The second-order valence-electron chi connectivity index (χ2n) is 5.02. The summed E-state index contributed by atoms with van der Waals surface area (Å²) in [5.41, 5.74) is 6.02. The molecule has 4 rings (SSSR count). The summed E-state index contributed by atoms with van der Waals surface area (Å²) in [6, 6.07) is 14.7. The molecule has 0 saturated carbocycles. The van der Waals surface area contributed by atoms with Gasteiger partial charge in [-0.2, -0.15) is 0 Å². The summed E-state index contributed by atoms with van der Waals surface area (Å²) in [5.74, 6) is 0.936. The van der Waals surface area contributed by atoms with Crippen molar-refractivity contribution in [2.24, 2.45) is 0 Å². The molecule has 0 radical (unpaired) electrons. The van der Waals surface area contributed by atoms with Gasteiger partial charge in [0.2, 0.25) is 0 Å². The molecule has 0 atom stereocenters. The molecule has 0 bridgehead atoms. The molecule has 2 heteroatoms. The van der Waals surface area contributed by atoms with E-state index in [-0.39, 0.29) is 0 Å². The van der Waals surface area contributed by atoms with E-state index in [0.717, 1.165) is 11.3 Å². The minimum Gasteiger partial charge on any atom is -0.496 e. The molecular formula is C18H14O2. The van der Waals surface area contributed by atoms with Crippen LogP contribution in [-0.2, 0) is 22.7 Å². The van der Waals surface area contributed by atoms with E-state index in [1.165, 1.54) is 22.3 Å². The van der Waals surface area contributed by atoms with Crippen LogP contribution >= 0.6 is 0 Å². The summed E-state index contributed by atoms with van der Waals surface area (Å²) in [7, 11) is 0. The molecule has 0 aromatic heterocycles. The van der Waals surface area contributed by atoms with E-state index in [4.69, 9.17) is 9.47 Å². The average Bonchev–Trinajstić information content (AvgIpc) is 2.54. The van der Waals surface area contributed by atoms with Crippen molar-refractivity contribution in [1.29, 1.82) is 0 Å². The molecule has 0 aliphatic carbocycles. The van der Waals surface area contributed by atoms with Crippen LogP contribution in [0.3, 0.4) is 0 Å². The van der Waals surface area contributed by atoms with Crippen LogP contribution in [0.25, 0.3) is 17.9 Å². The van der Waals surface area contributed by atoms with E-state index in [2.05, 4.69) is 42.5 Å². The molecule has 0 N–H and O–H groups in total. The topological polar surface area (TPSA) is 18.5 Å². The number of hydrogen-bond donors (Lipinski definition) is 0. The Labute approximate surface area is 118 Å². The zero-order valence-corrected chi connectivity index (χ0v) is 11.0. The lowest BCUT2D eigenvalue weighted by molar-refractivity contribution is 0.234. The maximum Gasteiger partial charge on any atom is 0.127 e. The highest BCUT2D eigenvalue weighted by molar-refractivity contribution is 5.81. The van der Waals surface area contributed by atoms with Crippen molar-refractivity contribution in [2.75, 3.05) is 0 Å². The molecule has 2 heterocycles. The van der Waals surface area contributed by atoms with Crippen molar-refractivity contribution >= 4 is 17.9 Å². The predicted octanol–water partition coefficient (Wildman–Crippen LogP) is 4.22. The van der Waals surface area contributed by atoms with E-state index < -0.39 is 0 Å². The molecule has 0 fully saturated rings. The van der Waals surface area contributed by atoms with E-state index in [0.29, 0.717) is 13.2 Å². The van der Waals surface area contributed by atoms with Gasteiger partial charge in [0.1, 0.15) is 19.0 Å². The molecule has 2 aromatic rings. The third-order valence-corrected chi connectivity index (χ3v) is 3.74. The minimum atomic E-state index is 0.637. The van der Waals surface area contributed by atoms with E-state index in [1.807, 2.05) is 12.1 Å². The van der Waals surface area contributed by atoms with E-state index >= 15 is 0 Å². The second kappa shape index (κ2) is 4.57. The molecule has 2 aromatic carbocycles. The number of ether oxygens (including phenoxy) is 2. The summed E-state index contributed by atoms with van der Waals surface area (Å²) in [4.78, 5) is 0. The summed E-state index contributed by atoms with van der Waals surface area (Å²) < 4.78 is 11.2. The van der Waals surface area contributed by atoms with Crippen LogP contribution in [0.15, 0.2) is 48.7 Å². The maximum absolute atomic E-state index is 5.89. The van der Waals surface area contributed by atoms with Gasteiger partial charge in [0.15, 0.2) is 0 Å². The molecule has 0 amide bonds. The lowest BCUT2D eigenvalue weighted by Gasteiger charge is -2.19. The second-order valence-corrected chi connectivity index (χ2v) is 5.02. The van der Waals surface area contributed by atoms with Crippen LogP contribution in [0.2, 0.25) is 0 Å². The van der Waals surface area contributed by atoms with Gasteiger partial charge in [0, 0.05) is 5.56 Å². The van der Waals surface area contributed by atoms with Gasteiger partial charge in [0.25, 0.3) is 0 Å². The van der Waals surface area contributed by atoms with Crippen molar-refractivity contribution in [3.8, 4) is 0 Å². The zero-order valence-electron chi connectivity index (χ0n) is 11.0. The number of hydrogen-bond acceptors (Lipinski definition) is 2. The first-order chi connectivity index (χ1) is 9.90. The first-order valence-corrected chi connectivity index (χ1v) is 6.74. The van der Waals surface area contributed by atoms with Gasteiger partial charge in [-0.1, -0.05) is 36.4 Å². The van der Waals surface area contributed by atoms with Crippen LogP contribution in [0, 0.1) is 0 Å². The lowest BCUT2D eigenvalue weighted by Crippen LogP contribution is -2.03. The summed E-state index contributed by atoms with van der Waals surface area (Å²) in [6.45, 7) is 1.28. The molecule has 0 spiro atoms. The van der Waals surface area contributed by atoms with Crippen LogP contribution in [0.5, 0.6) is 0 Å². The Morgan fingerprint density at radius 3 is 2.75 bits per heavy atom. The molecule has 2 nitrogen and oxygen atoms in total. The van der Waals surface area contributed by atoms with Gasteiger partial charge < -0.3 is 9.47 Å². The smallest absolute Gasteiger partial charge is 0.127 e. The fourth-order valence-corrected chi connectivity index (χ4v) is 2.61. The van der Waals surface area contributed by atoms with Crippen LogP contribution in [-0.4, -0.2) is 0 Å². The molecule has 2 aliphatic heterocycles. The minimum absolute atomic E-state index is 0.637. The Kier molecular flexibility index (Phi) is 2.59. The Hall–Kier alpha value is -2.48. The van der Waals surface area contributed by atoms with Crippen molar-refractivity contribution in [3.63, 3.8) is 0 Å². The quantitative estimate of drug-likeness (QED) is 0.766. The van der Waals surface area contributed by atoms with Gasteiger partial charge in [-0.15, -0.1) is 0 Å². The molecule has 20 heavy (non-hydrogen) atoms. The van der Waals surface area contributed by atoms with Gasteiger partial charge in [0.05, 0.1) is 6.26 Å². The van der Waals surface area contributed by atoms with Crippen molar-refractivity contribution < 1.29 is 9.47 Å². The number of benzene rings is 2.